The second-order valence-electron chi connectivity index (χ2n) is 7.43. The zero-order valence-corrected chi connectivity index (χ0v) is 17.5. The fourth-order valence-corrected chi connectivity index (χ4v) is 3.46. The van der Waals surface area contributed by atoms with E-state index in [0.717, 1.165) is 0 Å². The first-order valence-corrected chi connectivity index (χ1v) is 9.85. The third kappa shape index (κ3) is 4.53. The van der Waals surface area contributed by atoms with Gasteiger partial charge in [-0.05, 0) is 41.8 Å². The molecular formula is C23H28N2O4. The molecule has 1 heterocycles. The number of hydrogen-bond acceptors (Lipinski definition) is 4. The maximum absolute atomic E-state index is 13.0. The lowest BCUT2D eigenvalue weighted by Crippen LogP contribution is -2.50. The number of carbonyl (C=O) groups excluding carboxylic acids is 2. The molecule has 1 saturated heterocycles. The van der Waals surface area contributed by atoms with Gasteiger partial charge in [0.1, 0.15) is 11.5 Å². The zero-order valence-electron chi connectivity index (χ0n) is 17.5. The van der Waals surface area contributed by atoms with Crippen LogP contribution in [0.2, 0.25) is 0 Å². The Kier molecular flexibility index (Phi) is 6.42. The van der Waals surface area contributed by atoms with Crippen LogP contribution in [0.1, 0.15) is 46.0 Å². The number of methoxy groups -OCH3 is 2. The molecule has 2 aromatic rings. The van der Waals surface area contributed by atoms with Gasteiger partial charge in [-0.15, -0.1) is 0 Å². The van der Waals surface area contributed by atoms with Gasteiger partial charge >= 0.3 is 0 Å². The molecule has 2 aromatic carbocycles. The van der Waals surface area contributed by atoms with Crippen LogP contribution in [0.25, 0.3) is 0 Å². The molecule has 3 rings (SSSR count). The zero-order chi connectivity index (χ0) is 21.0. The lowest BCUT2D eigenvalue weighted by Gasteiger charge is -2.35. The predicted molar refractivity (Wildman–Crippen MR) is 112 cm³/mol. The Morgan fingerprint density at radius 2 is 1.41 bits per heavy atom. The van der Waals surface area contributed by atoms with Crippen molar-refractivity contribution in [1.29, 1.82) is 0 Å². The van der Waals surface area contributed by atoms with E-state index in [1.54, 1.807) is 42.2 Å². The first-order chi connectivity index (χ1) is 13.9. The lowest BCUT2D eigenvalue weighted by molar-refractivity contribution is 0.0533. The minimum absolute atomic E-state index is 0.00589. The first kappa shape index (κ1) is 20.7. The average molecular weight is 396 g/mol. The molecule has 1 aliphatic rings. The molecule has 0 spiro atoms. The molecule has 0 atom stereocenters. The van der Waals surface area contributed by atoms with Crippen LogP contribution >= 0.6 is 0 Å². The van der Waals surface area contributed by atoms with Crippen molar-refractivity contribution in [2.24, 2.45) is 0 Å². The van der Waals surface area contributed by atoms with Crippen molar-refractivity contribution in [3.63, 3.8) is 0 Å². The summed E-state index contributed by atoms with van der Waals surface area (Å²) in [5, 5.41) is 0. The molecule has 2 amide bonds. The number of piperazine rings is 1. The van der Waals surface area contributed by atoms with E-state index >= 15 is 0 Å². The Balaban J connectivity index is 1.65. The van der Waals surface area contributed by atoms with E-state index in [1.165, 1.54) is 5.56 Å². The second-order valence-corrected chi connectivity index (χ2v) is 7.43. The fourth-order valence-electron chi connectivity index (χ4n) is 3.46. The summed E-state index contributed by atoms with van der Waals surface area (Å²) in [6.45, 7) is 6.23. The van der Waals surface area contributed by atoms with Gasteiger partial charge in [-0.25, -0.2) is 0 Å². The minimum Gasteiger partial charge on any atom is -0.497 e. The smallest absolute Gasteiger partial charge is 0.257 e. The van der Waals surface area contributed by atoms with E-state index in [2.05, 4.69) is 13.8 Å². The van der Waals surface area contributed by atoms with Crippen molar-refractivity contribution in [2.45, 2.75) is 19.8 Å². The number of hydrogen-bond donors (Lipinski definition) is 0. The van der Waals surface area contributed by atoms with Gasteiger partial charge in [-0.3, -0.25) is 9.59 Å². The molecule has 0 bridgehead atoms. The topological polar surface area (TPSA) is 59.1 Å². The van der Waals surface area contributed by atoms with Crippen LogP contribution in [0, 0.1) is 0 Å². The van der Waals surface area contributed by atoms with Gasteiger partial charge in [0.05, 0.1) is 19.8 Å². The number of benzene rings is 2. The largest absolute Gasteiger partial charge is 0.497 e. The van der Waals surface area contributed by atoms with Gasteiger partial charge in [0.15, 0.2) is 0 Å². The van der Waals surface area contributed by atoms with Gasteiger partial charge in [0.2, 0.25) is 0 Å². The Hall–Kier alpha value is -3.02. The summed E-state index contributed by atoms with van der Waals surface area (Å²) in [4.78, 5) is 29.3. The van der Waals surface area contributed by atoms with Crippen molar-refractivity contribution in [1.82, 2.24) is 9.80 Å². The molecular weight excluding hydrogens is 368 g/mol. The van der Waals surface area contributed by atoms with Crippen molar-refractivity contribution >= 4 is 11.8 Å². The average Bonchev–Trinajstić information content (AvgIpc) is 2.77. The molecule has 1 aliphatic heterocycles. The van der Waals surface area contributed by atoms with E-state index in [-0.39, 0.29) is 11.8 Å². The second kappa shape index (κ2) is 8.99. The predicted octanol–water partition coefficient (Wildman–Crippen LogP) is 3.43. The highest BCUT2D eigenvalue weighted by atomic mass is 16.5. The molecule has 29 heavy (non-hydrogen) atoms. The van der Waals surface area contributed by atoms with E-state index in [4.69, 9.17) is 9.47 Å². The van der Waals surface area contributed by atoms with Gasteiger partial charge < -0.3 is 19.3 Å². The monoisotopic (exact) mass is 396 g/mol. The van der Waals surface area contributed by atoms with E-state index < -0.39 is 0 Å². The van der Waals surface area contributed by atoms with Gasteiger partial charge in [-0.1, -0.05) is 26.0 Å². The third-order valence-corrected chi connectivity index (χ3v) is 5.32. The number of amides is 2. The summed E-state index contributed by atoms with van der Waals surface area (Å²) in [6.07, 6.45) is 0. The molecule has 154 valence electrons. The van der Waals surface area contributed by atoms with Crippen molar-refractivity contribution in [2.75, 3.05) is 40.4 Å². The van der Waals surface area contributed by atoms with Crippen LogP contribution in [-0.2, 0) is 0 Å². The summed E-state index contributed by atoms with van der Waals surface area (Å²) in [5.41, 5.74) is 2.36. The number of ether oxygens (including phenoxy) is 2. The molecule has 0 saturated carbocycles. The Morgan fingerprint density at radius 1 is 0.828 bits per heavy atom. The van der Waals surface area contributed by atoms with E-state index in [1.807, 2.05) is 24.3 Å². The normalized spacial score (nSPS) is 14.1. The van der Waals surface area contributed by atoms with Crippen LogP contribution in [0.4, 0.5) is 0 Å². The molecule has 0 aromatic heterocycles. The number of rotatable bonds is 5. The van der Waals surface area contributed by atoms with Crippen LogP contribution in [0.15, 0.2) is 42.5 Å². The van der Waals surface area contributed by atoms with E-state index in [9.17, 15) is 9.59 Å². The summed E-state index contributed by atoms with van der Waals surface area (Å²) in [7, 11) is 3.11. The van der Waals surface area contributed by atoms with Crippen LogP contribution < -0.4 is 9.47 Å². The molecule has 0 aliphatic carbocycles. The van der Waals surface area contributed by atoms with Crippen molar-refractivity contribution in [3.05, 3.63) is 59.2 Å². The SMILES string of the molecule is COc1ccc(OC)c(C(=O)N2CCN(C(=O)c3ccc(C(C)C)cc3)CC2)c1. The summed E-state index contributed by atoms with van der Waals surface area (Å²) < 4.78 is 10.6. The highest BCUT2D eigenvalue weighted by molar-refractivity contribution is 5.98. The van der Waals surface area contributed by atoms with Gasteiger partial charge in [0.25, 0.3) is 11.8 Å². The van der Waals surface area contributed by atoms with Crippen molar-refractivity contribution < 1.29 is 19.1 Å². The maximum Gasteiger partial charge on any atom is 0.257 e. The highest BCUT2D eigenvalue weighted by Crippen LogP contribution is 2.26. The highest BCUT2D eigenvalue weighted by Gasteiger charge is 2.27. The molecule has 0 N–H and O–H groups in total. The maximum atomic E-state index is 13.0. The summed E-state index contributed by atoms with van der Waals surface area (Å²) in [5.74, 6) is 1.44. The molecule has 1 fully saturated rings. The minimum atomic E-state index is -0.117. The summed E-state index contributed by atoms with van der Waals surface area (Å²) in [6, 6.07) is 13.0. The molecule has 0 radical (unpaired) electrons. The molecule has 6 nitrogen and oxygen atoms in total. The van der Waals surface area contributed by atoms with Crippen LogP contribution in [0.3, 0.4) is 0 Å². The van der Waals surface area contributed by atoms with Gasteiger partial charge in [-0.2, -0.15) is 0 Å². The lowest BCUT2D eigenvalue weighted by atomic mass is 10.0. The molecule has 6 heteroatoms. The van der Waals surface area contributed by atoms with Crippen LogP contribution in [0.5, 0.6) is 11.5 Å². The molecule has 0 unspecified atom stereocenters. The number of nitrogens with zero attached hydrogens (tertiary/aromatic N) is 2. The Bertz CT molecular complexity index is 869. The fraction of sp³-hybridized carbons (Fsp3) is 0.391. The Labute approximate surface area is 172 Å². The van der Waals surface area contributed by atoms with E-state index in [0.29, 0.717) is 54.7 Å². The Morgan fingerprint density at radius 3 is 1.93 bits per heavy atom. The third-order valence-electron chi connectivity index (χ3n) is 5.32. The standard InChI is InChI=1S/C23H28N2O4/c1-16(2)17-5-7-18(8-6-17)22(26)24-11-13-25(14-12-24)23(27)20-15-19(28-3)9-10-21(20)29-4/h5-10,15-16H,11-14H2,1-4H3. The summed E-state index contributed by atoms with van der Waals surface area (Å²) >= 11 is 0. The number of carbonyl (C=O) groups is 2. The van der Waals surface area contributed by atoms with Crippen LogP contribution in [-0.4, -0.2) is 62.0 Å². The van der Waals surface area contributed by atoms with Crippen molar-refractivity contribution in [3.8, 4) is 11.5 Å². The van der Waals surface area contributed by atoms with Gasteiger partial charge in [0, 0.05) is 31.7 Å². The quantitative estimate of drug-likeness (QED) is 0.777. The first-order valence-electron chi connectivity index (χ1n) is 9.85.